The SMILES string of the molecule is NCCCNC(=O)CCOCCNC(=O)OCc1ccccc1. The molecule has 2 amide bonds. The van der Waals surface area contributed by atoms with E-state index < -0.39 is 6.09 Å². The number of hydrogen-bond acceptors (Lipinski definition) is 5. The molecule has 0 bridgehead atoms. The number of alkyl carbamates (subject to hydrolysis) is 1. The quantitative estimate of drug-likeness (QED) is 0.522. The molecule has 1 aromatic rings. The maximum atomic E-state index is 11.4. The first-order valence-corrected chi connectivity index (χ1v) is 7.71. The number of benzene rings is 1. The van der Waals surface area contributed by atoms with Gasteiger partial charge in [-0.25, -0.2) is 4.79 Å². The molecule has 1 rings (SSSR count). The summed E-state index contributed by atoms with van der Waals surface area (Å²) < 4.78 is 10.3. The number of ether oxygens (including phenoxy) is 2. The summed E-state index contributed by atoms with van der Waals surface area (Å²) in [6.07, 6.45) is 0.571. The molecule has 7 nitrogen and oxygen atoms in total. The average Bonchev–Trinajstić information content (AvgIpc) is 2.57. The Hall–Kier alpha value is -2.12. The topological polar surface area (TPSA) is 103 Å². The van der Waals surface area contributed by atoms with Gasteiger partial charge in [0.15, 0.2) is 0 Å². The van der Waals surface area contributed by atoms with Crippen LogP contribution in [0.5, 0.6) is 0 Å². The zero-order valence-corrected chi connectivity index (χ0v) is 13.3. The van der Waals surface area contributed by atoms with Crippen LogP contribution in [0.25, 0.3) is 0 Å². The maximum absolute atomic E-state index is 11.4. The fourth-order valence-electron chi connectivity index (χ4n) is 1.68. The van der Waals surface area contributed by atoms with Gasteiger partial charge in [-0.1, -0.05) is 30.3 Å². The molecule has 1 aromatic carbocycles. The van der Waals surface area contributed by atoms with Gasteiger partial charge in [0.1, 0.15) is 6.61 Å². The molecule has 0 atom stereocenters. The first kappa shape index (κ1) is 18.9. The molecule has 0 aromatic heterocycles. The van der Waals surface area contributed by atoms with E-state index in [1.54, 1.807) is 0 Å². The molecular formula is C16H25N3O4. The van der Waals surface area contributed by atoms with E-state index in [0.29, 0.717) is 39.3 Å². The number of carbonyl (C=O) groups is 2. The molecule has 0 heterocycles. The third-order valence-electron chi connectivity index (χ3n) is 2.91. The van der Waals surface area contributed by atoms with Crippen molar-refractivity contribution in [1.82, 2.24) is 10.6 Å². The first-order chi connectivity index (χ1) is 11.2. The van der Waals surface area contributed by atoms with Gasteiger partial charge in [0, 0.05) is 19.5 Å². The minimum Gasteiger partial charge on any atom is -0.445 e. The van der Waals surface area contributed by atoms with E-state index >= 15 is 0 Å². The summed E-state index contributed by atoms with van der Waals surface area (Å²) in [5.41, 5.74) is 6.26. The summed E-state index contributed by atoms with van der Waals surface area (Å²) >= 11 is 0. The van der Waals surface area contributed by atoms with Crippen LogP contribution in [0, 0.1) is 0 Å². The van der Waals surface area contributed by atoms with Gasteiger partial charge >= 0.3 is 6.09 Å². The maximum Gasteiger partial charge on any atom is 0.407 e. The third-order valence-corrected chi connectivity index (χ3v) is 2.91. The average molecular weight is 323 g/mol. The van der Waals surface area contributed by atoms with Crippen LogP contribution in [0.15, 0.2) is 30.3 Å². The van der Waals surface area contributed by atoms with Gasteiger partial charge in [-0.15, -0.1) is 0 Å². The van der Waals surface area contributed by atoms with Gasteiger partial charge in [0.25, 0.3) is 0 Å². The van der Waals surface area contributed by atoms with Crippen molar-refractivity contribution < 1.29 is 19.1 Å². The fourth-order valence-corrected chi connectivity index (χ4v) is 1.68. The molecule has 7 heteroatoms. The molecule has 23 heavy (non-hydrogen) atoms. The van der Waals surface area contributed by atoms with Gasteiger partial charge in [0.05, 0.1) is 13.2 Å². The Morgan fingerprint density at radius 3 is 2.57 bits per heavy atom. The van der Waals surface area contributed by atoms with Crippen molar-refractivity contribution >= 4 is 12.0 Å². The van der Waals surface area contributed by atoms with Crippen LogP contribution < -0.4 is 16.4 Å². The fraction of sp³-hybridized carbons (Fsp3) is 0.500. The van der Waals surface area contributed by atoms with Gasteiger partial charge in [-0.05, 0) is 18.5 Å². The highest BCUT2D eigenvalue weighted by Crippen LogP contribution is 2.00. The van der Waals surface area contributed by atoms with Gasteiger partial charge < -0.3 is 25.8 Å². The number of nitrogens with one attached hydrogen (secondary N) is 2. The molecule has 4 N–H and O–H groups in total. The first-order valence-electron chi connectivity index (χ1n) is 7.71. The summed E-state index contributed by atoms with van der Waals surface area (Å²) in [6, 6.07) is 9.44. The van der Waals surface area contributed by atoms with Crippen molar-refractivity contribution in [3.63, 3.8) is 0 Å². The molecular weight excluding hydrogens is 298 g/mol. The zero-order valence-electron chi connectivity index (χ0n) is 13.3. The lowest BCUT2D eigenvalue weighted by Crippen LogP contribution is -2.29. The third kappa shape index (κ3) is 10.3. The molecule has 0 aliphatic rings. The highest BCUT2D eigenvalue weighted by atomic mass is 16.5. The molecule has 0 spiro atoms. The predicted octanol–water partition coefficient (Wildman–Crippen LogP) is 0.785. The standard InChI is InChI=1S/C16H25N3O4/c17-8-4-9-18-15(20)7-11-22-12-10-19-16(21)23-13-14-5-2-1-3-6-14/h1-3,5-6H,4,7-13,17H2,(H,18,20)(H,19,21). The number of rotatable bonds is 11. The zero-order chi connectivity index (χ0) is 16.8. The number of nitrogens with two attached hydrogens (primary N) is 1. The van der Waals surface area contributed by atoms with E-state index in [9.17, 15) is 9.59 Å². The summed E-state index contributed by atoms with van der Waals surface area (Å²) in [5.74, 6) is -0.0614. The Morgan fingerprint density at radius 1 is 1.04 bits per heavy atom. The lowest BCUT2D eigenvalue weighted by Gasteiger charge is -2.08. The smallest absolute Gasteiger partial charge is 0.407 e. The summed E-state index contributed by atoms with van der Waals surface area (Å²) in [6.45, 7) is 2.36. The number of carbonyl (C=O) groups excluding carboxylic acids is 2. The van der Waals surface area contributed by atoms with Crippen molar-refractivity contribution in [3.8, 4) is 0 Å². The Labute approximate surface area is 136 Å². The predicted molar refractivity (Wildman–Crippen MR) is 86.7 cm³/mol. The second-order valence-electron chi connectivity index (χ2n) is 4.84. The Bertz CT molecular complexity index is 454. The van der Waals surface area contributed by atoms with E-state index in [-0.39, 0.29) is 12.5 Å². The normalized spacial score (nSPS) is 10.1. The van der Waals surface area contributed by atoms with Crippen molar-refractivity contribution in [2.45, 2.75) is 19.4 Å². The Balaban J connectivity index is 1.94. The van der Waals surface area contributed by atoms with E-state index in [2.05, 4.69) is 10.6 Å². The number of amides is 2. The summed E-state index contributed by atoms with van der Waals surface area (Å²) in [7, 11) is 0. The van der Waals surface area contributed by atoms with Crippen molar-refractivity contribution in [2.24, 2.45) is 5.73 Å². The van der Waals surface area contributed by atoms with Crippen molar-refractivity contribution in [1.29, 1.82) is 0 Å². The Kier molecular flexibility index (Phi) is 10.2. The number of hydrogen-bond donors (Lipinski definition) is 3. The Morgan fingerprint density at radius 2 is 1.83 bits per heavy atom. The summed E-state index contributed by atoms with van der Waals surface area (Å²) in [4.78, 5) is 22.8. The van der Waals surface area contributed by atoms with Crippen LogP contribution in [0.2, 0.25) is 0 Å². The lowest BCUT2D eigenvalue weighted by atomic mass is 10.2. The van der Waals surface area contributed by atoms with E-state index in [1.807, 2.05) is 30.3 Å². The second-order valence-corrected chi connectivity index (χ2v) is 4.84. The van der Waals surface area contributed by atoms with Crippen molar-refractivity contribution in [3.05, 3.63) is 35.9 Å². The van der Waals surface area contributed by atoms with Gasteiger partial charge in [-0.3, -0.25) is 4.79 Å². The van der Waals surface area contributed by atoms with E-state index in [1.165, 1.54) is 0 Å². The molecule has 0 fully saturated rings. The minimum absolute atomic E-state index is 0.0614. The largest absolute Gasteiger partial charge is 0.445 e. The van der Waals surface area contributed by atoms with Crippen LogP contribution >= 0.6 is 0 Å². The van der Waals surface area contributed by atoms with Crippen LogP contribution in [-0.4, -0.2) is 44.8 Å². The van der Waals surface area contributed by atoms with Crippen LogP contribution in [-0.2, 0) is 20.9 Å². The highest BCUT2D eigenvalue weighted by Gasteiger charge is 2.03. The second kappa shape index (κ2) is 12.4. The summed E-state index contributed by atoms with van der Waals surface area (Å²) in [5, 5.41) is 5.32. The van der Waals surface area contributed by atoms with Gasteiger partial charge in [-0.2, -0.15) is 0 Å². The monoisotopic (exact) mass is 323 g/mol. The van der Waals surface area contributed by atoms with Gasteiger partial charge in [0.2, 0.25) is 5.91 Å². The van der Waals surface area contributed by atoms with Crippen molar-refractivity contribution in [2.75, 3.05) is 32.8 Å². The van der Waals surface area contributed by atoms with Crippen LogP contribution in [0.1, 0.15) is 18.4 Å². The van der Waals surface area contributed by atoms with E-state index in [0.717, 1.165) is 12.0 Å². The molecule has 128 valence electrons. The molecule has 0 saturated heterocycles. The lowest BCUT2D eigenvalue weighted by molar-refractivity contribution is -0.122. The molecule has 0 saturated carbocycles. The molecule has 0 aliphatic carbocycles. The minimum atomic E-state index is -0.489. The van der Waals surface area contributed by atoms with Crippen LogP contribution in [0.3, 0.4) is 0 Å². The van der Waals surface area contributed by atoms with Crippen LogP contribution in [0.4, 0.5) is 4.79 Å². The highest BCUT2D eigenvalue weighted by molar-refractivity contribution is 5.75. The van der Waals surface area contributed by atoms with E-state index in [4.69, 9.17) is 15.2 Å². The molecule has 0 unspecified atom stereocenters. The molecule has 0 aliphatic heterocycles. The molecule has 0 radical (unpaired) electrons.